The highest BCUT2D eigenvalue weighted by Crippen LogP contribution is 2.23. The summed E-state index contributed by atoms with van der Waals surface area (Å²) in [7, 11) is 0. The molecule has 0 radical (unpaired) electrons. The molecule has 3 amide bonds. The van der Waals surface area contributed by atoms with E-state index >= 15 is 0 Å². The summed E-state index contributed by atoms with van der Waals surface area (Å²) >= 11 is 7.39. The lowest BCUT2D eigenvalue weighted by Crippen LogP contribution is -2.49. The molecule has 0 aliphatic heterocycles. The molecule has 7 heteroatoms. The monoisotopic (exact) mass is 329 g/mol. The molecule has 0 aromatic carbocycles. The smallest absolute Gasteiger partial charge is 0.321 e. The van der Waals surface area contributed by atoms with Crippen molar-refractivity contribution in [3.8, 4) is 0 Å². The van der Waals surface area contributed by atoms with E-state index in [2.05, 4.69) is 17.2 Å². The predicted octanol–water partition coefficient (Wildman–Crippen LogP) is 2.62. The fourth-order valence-electron chi connectivity index (χ4n) is 1.75. The molecule has 1 atom stereocenters. The SMILES string of the molecule is C=CCN(Cc1ccc(Cl)s1)C(C)C(=O)NC(=O)NCC. The first-order chi connectivity index (χ1) is 9.97. The maximum atomic E-state index is 12.1. The lowest BCUT2D eigenvalue weighted by molar-refractivity contribution is -0.124. The Morgan fingerprint density at radius 3 is 2.76 bits per heavy atom. The number of rotatable bonds is 7. The minimum absolute atomic E-state index is 0.342. The molecule has 5 nitrogen and oxygen atoms in total. The summed E-state index contributed by atoms with van der Waals surface area (Å²) < 4.78 is 0.711. The van der Waals surface area contributed by atoms with Crippen molar-refractivity contribution in [2.75, 3.05) is 13.1 Å². The Kier molecular flexibility index (Phi) is 7.42. The van der Waals surface area contributed by atoms with Crippen LogP contribution in [0.15, 0.2) is 24.8 Å². The van der Waals surface area contributed by atoms with Crippen LogP contribution >= 0.6 is 22.9 Å². The van der Waals surface area contributed by atoms with Crippen LogP contribution in [-0.2, 0) is 11.3 Å². The number of imide groups is 1. The van der Waals surface area contributed by atoms with E-state index in [1.165, 1.54) is 11.3 Å². The third kappa shape index (κ3) is 5.87. The van der Waals surface area contributed by atoms with Gasteiger partial charge in [0.1, 0.15) is 0 Å². The van der Waals surface area contributed by atoms with Crippen LogP contribution in [0.3, 0.4) is 0 Å². The lowest BCUT2D eigenvalue weighted by atomic mass is 10.2. The summed E-state index contributed by atoms with van der Waals surface area (Å²) in [6, 6.07) is 2.82. The Balaban J connectivity index is 2.67. The zero-order valence-corrected chi connectivity index (χ0v) is 13.8. The third-order valence-corrected chi connectivity index (χ3v) is 4.07. The summed E-state index contributed by atoms with van der Waals surface area (Å²) in [6.45, 7) is 8.84. The van der Waals surface area contributed by atoms with Gasteiger partial charge in [0.05, 0.1) is 10.4 Å². The number of carbonyl (C=O) groups excluding carboxylic acids is 2. The van der Waals surface area contributed by atoms with Crippen LogP contribution in [0.1, 0.15) is 18.7 Å². The second-order valence-electron chi connectivity index (χ2n) is 4.45. The Labute approximate surface area is 134 Å². The molecular formula is C14H20ClN3O2S. The first-order valence-corrected chi connectivity index (χ1v) is 7.85. The van der Waals surface area contributed by atoms with E-state index in [4.69, 9.17) is 11.6 Å². The molecule has 1 heterocycles. The first-order valence-electron chi connectivity index (χ1n) is 6.65. The quantitative estimate of drug-likeness (QED) is 0.756. The Morgan fingerprint density at radius 2 is 2.24 bits per heavy atom. The van der Waals surface area contributed by atoms with Crippen LogP contribution in [0.4, 0.5) is 4.79 Å². The van der Waals surface area contributed by atoms with Gasteiger partial charge in [-0.1, -0.05) is 17.7 Å². The number of hydrogen-bond acceptors (Lipinski definition) is 4. The van der Waals surface area contributed by atoms with E-state index in [1.807, 2.05) is 17.0 Å². The van der Waals surface area contributed by atoms with Gasteiger partial charge in [-0.25, -0.2) is 4.79 Å². The zero-order valence-electron chi connectivity index (χ0n) is 12.2. The number of carbonyl (C=O) groups is 2. The van der Waals surface area contributed by atoms with Crippen LogP contribution in [0, 0.1) is 0 Å². The topological polar surface area (TPSA) is 61.4 Å². The molecule has 2 N–H and O–H groups in total. The van der Waals surface area contributed by atoms with E-state index in [0.29, 0.717) is 24.0 Å². The Bertz CT molecular complexity index is 504. The third-order valence-electron chi connectivity index (χ3n) is 2.85. The molecule has 0 bridgehead atoms. The number of hydrogen-bond donors (Lipinski definition) is 2. The molecule has 0 aliphatic carbocycles. The molecule has 1 rings (SSSR count). The summed E-state index contributed by atoms with van der Waals surface area (Å²) in [6.07, 6.45) is 1.73. The van der Waals surface area contributed by atoms with Crippen molar-refractivity contribution < 1.29 is 9.59 Å². The van der Waals surface area contributed by atoms with E-state index in [-0.39, 0.29) is 5.91 Å². The van der Waals surface area contributed by atoms with Gasteiger partial charge in [0.25, 0.3) is 0 Å². The number of amides is 3. The van der Waals surface area contributed by atoms with Crippen molar-refractivity contribution in [2.24, 2.45) is 0 Å². The van der Waals surface area contributed by atoms with Crippen molar-refractivity contribution in [1.82, 2.24) is 15.5 Å². The summed E-state index contributed by atoms with van der Waals surface area (Å²) in [5.41, 5.74) is 0. The maximum absolute atomic E-state index is 12.1. The number of nitrogens with zero attached hydrogens (tertiary/aromatic N) is 1. The van der Waals surface area contributed by atoms with Gasteiger partial charge in [0, 0.05) is 24.5 Å². The van der Waals surface area contributed by atoms with Gasteiger partial charge >= 0.3 is 6.03 Å². The average molecular weight is 330 g/mol. The van der Waals surface area contributed by atoms with Gasteiger partial charge in [-0.05, 0) is 26.0 Å². The van der Waals surface area contributed by atoms with E-state index in [0.717, 1.165) is 4.88 Å². The van der Waals surface area contributed by atoms with Crippen molar-refractivity contribution in [1.29, 1.82) is 0 Å². The molecule has 0 fully saturated rings. The minimum atomic E-state index is -0.480. The van der Waals surface area contributed by atoms with Crippen molar-refractivity contribution >= 4 is 34.9 Å². The number of thiophene rings is 1. The van der Waals surface area contributed by atoms with E-state index in [9.17, 15) is 9.59 Å². The Morgan fingerprint density at radius 1 is 1.52 bits per heavy atom. The molecule has 0 spiro atoms. The first kappa shape index (κ1) is 17.7. The average Bonchev–Trinajstić information content (AvgIpc) is 2.83. The van der Waals surface area contributed by atoms with Crippen LogP contribution in [0.5, 0.6) is 0 Å². The highest BCUT2D eigenvalue weighted by molar-refractivity contribution is 7.16. The van der Waals surface area contributed by atoms with Crippen LogP contribution in [-0.4, -0.2) is 36.0 Å². The van der Waals surface area contributed by atoms with Gasteiger partial charge in [-0.15, -0.1) is 17.9 Å². The predicted molar refractivity (Wildman–Crippen MR) is 86.6 cm³/mol. The molecule has 0 aliphatic rings. The minimum Gasteiger partial charge on any atom is -0.338 e. The van der Waals surface area contributed by atoms with Crippen molar-refractivity contribution in [2.45, 2.75) is 26.4 Å². The second kappa shape index (κ2) is 8.81. The number of nitrogens with one attached hydrogen (secondary N) is 2. The molecule has 1 aromatic heterocycles. The largest absolute Gasteiger partial charge is 0.338 e. The van der Waals surface area contributed by atoms with Gasteiger partial charge in [0.15, 0.2) is 0 Å². The van der Waals surface area contributed by atoms with Crippen molar-refractivity contribution in [3.05, 3.63) is 34.0 Å². The fourth-order valence-corrected chi connectivity index (χ4v) is 2.86. The maximum Gasteiger partial charge on any atom is 0.321 e. The normalized spacial score (nSPS) is 12.0. The number of halogens is 1. The van der Waals surface area contributed by atoms with Crippen LogP contribution in [0.2, 0.25) is 4.34 Å². The highest BCUT2D eigenvalue weighted by Gasteiger charge is 2.22. The van der Waals surface area contributed by atoms with E-state index < -0.39 is 12.1 Å². The summed E-state index contributed by atoms with van der Waals surface area (Å²) in [5.74, 6) is -0.342. The van der Waals surface area contributed by atoms with Crippen molar-refractivity contribution in [3.63, 3.8) is 0 Å². The van der Waals surface area contributed by atoms with Gasteiger partial charge in [-0.3, -0.25) is 15.0 Å². The lowest BCUT2D eigenvalue weighted by Gasteiger charge is -2.26. The highest BCUT2D eigenvalue weighted by atomic mass is 35.5. The molecule has 1 aromatic rings. The van der Waals surface area contributed by atoms with E-state index in [1.54, 1.807) is 19.9 Å². The summed E-state index contributed by atoms with van der Waals surface area (Å²) in [5, 5.41) is 4.85. The molecule has 0 saturated heterocycles. The molecule has 21 heavy (non-hydrogen) atoms. The van der Waals surface area contributed by atoms with Crippen LogP contribution < -0.4 is 10.6 Å². The second-order valence-corrected chi connectivity index (χ2v) is 6.25. The summed E-state index contributed by atoms with van der Waals surface area (Å²) in [4.78, 5) is 26.4. The van der Waals surface area contributed by atoms with Gasteiger partial charge in [-0.2, -0.15) is 0 Å². The fraction of sp³-hybridized carbons (Fsp3) is 0.429. The molecule has 0 saturated carbocycles. The number of urea groups is 1. The van der Waals surface area contributed by atoms with Gasteiger partial charge < -0.3 is 5.32 Å². The Hall–Kier alpha value is -1.37. The van der Waals surface area contributed by atoms with Crippen LogP contribution in [0.25, 0.3) is 0 Å². The molecule has 1 unspecified atom stereocenters. The zero-order chi connectivity index (χ0) is 15.8. The van der Waals surface area contributed by atoms with Gasteiger partial charge in [0.2, 0.25) is 5.91 Å². The molecule has 116 valence electrons. The molecular weight excluding hydrogens is 310 g/mol. The standard InChI is InChI=1S/C14H20ClN3O2S/c1-4-8-18(9-11-6-7-12(15)21-11)10(3)13(19)17-14(20)16-5-2/h4,6-7,10H,1,5,8-9H2,2-3H3,(H2,16,17,19,20).